The van der Waals surface area contributed by atoms with Gasteiger partial charge in [0.2, 0.25) is 0 Å². The van der Waals surface area contributed by atoms with Crippen LogP contribution < -0.4 is 5.32 Å². The van der Waals surface area contributed by atoms with Crippen LogP contribution in [0, 0.1) is 13.8 Å². The molecule has 4 aromatic rings. The summed E-state index contributed by atoms with van der Waals surface area (Å²) in [6.07, 6.45) is 3.98. The number of anilines is 1. The number of thiophene rings is 1. The van der Waals surface area contributed by atoms with Crippen molar-refractivity contribution in [2.24, 2.45) is 7.05 Å². The van der Waals surface area contributed by atoms with Gasteiger partial charge in [-0.05, 0) is 37.6 Å². The van der Waals surface area contributed by atoms with Crippen LogP contribution in [-0.4, -0.2) is 14.5 Å². The summed E-state index contributed by atoms with van der Waals surface area (Å²) < 4.78 is 3.46. The van der Waals surface area contributed by atoms with Crippen molar-refractivity contribution in [2.75, 3.05) is 5.32 Å². The molecular weight excluding hydrogens is 304 g/mol. The SMILES string of the molecule is Cc1cc(C)c2c(n1)sc1c(NCc3ccccn3)cn(C)c12. The zero-order chi connectivity index (χ0) is 16.0. The molecule has 4 aromatic heterocycles. The minimum absolute atomic E-state index is 0.722. The van der Waals surface area contributed by atoms with E-state index in [1.807, 2.05) is 24.4 Å². The Bertz CT molecular complexity index is 998. The first-order valence-corrected chi connectivity index (χ1v) is 8.44. The van der Waals surface area contributed by atoms with E-state index in [0.717, 1.165) is 28.5 Å². The Balaban J connectivity index is 1.80. The molecule has 0 unspecified atom stereocenters. The zero-order valence-electron chi connectivity index (χ0n) is 13.4. The van der Waals surface area contributed by atoms with Crippen molar-refractivity contribution < 1.29 is 0 Å². The topological polar surface area (TPSA) is 42.7 Å². The quantitative estimate of drug-likeness (QED) is 0.607. The lowest BCUT2D eigenvalue weighted by molar-refractivity contribution is 0.968. The molecule has 0 spiro atoms. The Morgan fingerprint density at radius 1 is 1.26 bits per heavy atom. The maximum absolute atomic E-state index is 4.71. The van der Waals surface area contributed by atoms with Gasteiger partial charge in [0.25, 0.3) is 0 Å². The molecule has 0 radical (unpaired) electrons. The van der Waals surface area contributed by atoms with Crippen LogP contribution in [0.2, 0.25) is 0 Å². The largest absolute Gasteiger partial charge is 0.377 e. The smallest absolute Gasteiger partial charge is 0.126 e. The van der Waals surface area contributed by atoms with Crippen molar-refractivity contribution in [3.63, 3.8) is 0 Å². The van der Waals surface area contributed by atoms with E-state index < -0.39 is 0 Å². The van der Waals surface area contributed by atoms with Gasteiger partial charge >= 0.3 is 0 Å². The van der Waals surface area contributed by atoms with Crippen molar-refractivity contribution in [1.29, 1.82) is 0 Å². The highest BCUT2D eigenvalue weighted by Crippen LogP contribution is 2.40. The number of pyridine rings is 2. The second kappa shape index (κ2) is 5.35. The Morgan fingerprint density at radius 2 is 2.13 bits per heavy atom. The van der Waals surface area contributed by atoms with Crippen LogP contribution in [0.15, 0.2) is 36.7 Å². The predicted molar refractivity (Wildman–Crippen MR) is 97.1 cm³/mol. The molecule has 0 atom stereocenters. The van der Waals surface area contributed by atoms with Crippen molar-refractivity contribution in [1.82, 2.24) is 14.5 Å². The van der Waals surface area contributed by atoms with Gasteiger partial charge in [-0.2, -0.15) is 0 Å². The monoisotopic (exact) mass is 322 g/mol. The van der Waals surface area contributed by atoms with Gasteiger partial charge in [0.1, 0.15) is 4.83 Å². The first-order chi connectivity index (χ1) is 11.1. The number of hydrogen-bond acceptors (Lipinski definition) is 4. The lowest BCUT2D eigenvalue weighted by Gasteiger charge is -2.03. The normalized spacial score (nSPS) is 11.4. The third kappa shape index (κ3) is 2.37. The van der Waals surface area contributed by atoms with Crippen LogP contribution in [0.5, 0.6) is 0 Å². The Kier molecular flexibility index (Phi) is 3.31. The lowest BCUT2D eigenvalue weighted by atomic mass is 10.1. The minimum Gasteiger partial charge on any atom is -0.377 e. The summed E-state index contributed by atoms with van der Waals surface area (Å²) in [5.41, 5.74) is 5.81. The molecule has 0 saturated carbocycles. The highest BCUT2D eigenvalue weighted by molar-refractivity contribution is 7.26. The summed E-state index contributed by atoms with van der Waals surface area (Å²) in [6, 6.07) is 8.14. The molecule has 0 amide bonds. The van der Waals surface area contributed by atoms with Crippen LogP contribution in [-0.2, 0) is 13.6 Å². The highest BCUT2D eigenvalue weighted by Gasteiger charge is 2.16. The molecule has 1 N–H and O–H groups in total. The molecule has 4 rings (SSSR count). The van der Waals surface area contributed by atoms with Crippen molar-refractivity contribution in [3.05, 3.63) is 53.6 Å². The van der Waals surface area contributed by atoms with Crippen molar-refractivity contribution in [2.45, 2.75) is 20.4 Å². The van der Waals surface area contributed by atoms with Crippen LogP contribution in [0.1, 0.15) is 17.0 Å². The molecule has 0 bridgehead atoms. The molecule has 0 aliphatic heterocycles. The zero-order valence-corrected chi connectivity index (χ0v) is 14.2. The minimum atomic E-state index is 0.722. The molecule has 4 heterocycles. The number of nitrogens with zero attached hydrogens (tertiary/aromatic N) is 3. The number of nitrogens with one attached hydrogen (secondary N) is 1. The standard InChI is InChI=1S/C18H18N4S/c1-11-8-12(2)21-18-15(11)16-17(23-18)14(10-22(16)3)20-9-13-6-4-5-7-19-13/h4-8,10,20H,9H2,1-3H3. The fraction of sp³-hybridized carbons (Fsp3) is 0.222. The summed E-state index contributed by atoms with van der Waals surface area (Å²) in [4.78, 5) is 10.2. The highest BCUT2D eigenvalue weighted by atomic mass is 32.1. The van der Waals surface area contributed by atoms with Crippen LogP contribution in [0.25, 0.3) is 20.4 Å². The average molecular weight is 322 g/mol. The Labute approximate surface area is 138 Å². The lowest BCUT2D eigenvalue weighted by Crippen LogP contribution is -2.00. The van der Waals surface area contributed by atoms with E-state index in [4.69, 9.17) is 4.98 Å². The van der Waals surface area contributed by atoms with Crippen LogP contribution in [0.3, 0.4) is 0 Å². The van der Waals surface area contributed by atoms with Crippen LogP contribution >= 0.6 is 11.3 Å². The molecule has 0 fully saturated rings. The second-order valence-corrected chi connectivity index (χ2v) is 6.87. The fourth-order valence-corrected chi connectivity index (χ4v) is 4.39. The van der Waals surface area contributed by atoms with Gasteiger partial charge in [-0.3, -0.25) is 4.98 Å². The first kappa shape index (κ1) is 14.2. The molecule has 0 aromatic carbocycles. The molecule has 116 valence electrons. The van der Waals surface area contributed by atoms with Gasteiger partial charge in [-0.1, -0.05) is 6.07 Å². The molecule has 4 nitrogen and oxygen atoms in total. The van der Waals surface area contributed by atoms with E-state index in [9.17, 15) is 0 Å². The number of rotatable bonds is 3. The average Bonchev–Trinajstić information content (AvgIpc) is 3.04. The van der Waals surface area contributed by atoms with E-state index in [1.54, 1.807) is 11.3 Å². The summed E-state index contributed by atoms with van der Waals surface area (Å²) in [5.74, 6) is 0. The van der Waals surface area contributed by atoms with Gasteiger partial charge < -0.3 is 9.88 Å². The molecule has 0 aliphatic rings. The van der Waals surface area contributed by atoms with E-state index in [0.29, 0.717) is 0 Å². The van der Waals surface area contributed by atoms with Gasteiger partial charge in [-0.25, -0.2) is 4.98 Å². The summed E-state index contributed by atoms with van der Waals surface area (Å²) >= 11 is 1.76. The fourth-order valence-electron chi connectivity index (χ4n) is 3.07. The van der Waals surface area contributed by atoms with Crippen molar-refractivity contribution in [3.8, 4) is 0 Å². The van der Waals surface area contributed by atoms with Crippen LogP contribution in [0.4, 0.5) is 5.69 Å². The number of hydrogen-bond donors (Lipinski definition) is 1. The van der Waals surface area contributed by atoms with Crippen molar-refractivity contribution >= 4 is 37.5 Å². The van der Waals surface area contributed by atoms with Gasteiger partial charge in [0.05, 0.1) is 28.1 Å². The van der Waals surface area contributed by atoms with Gasteiger partial charge in [0, 0.05) is 30.5 Å². The Hall–Kier alpha value is -2.40. The second-order valence-electron chi connectivity index (χ2n) is 5.87. The van der Waals surface area contributed by atoms with E-state index in [-0.39, 0.29) is 0 Å². The summed E-state index contributed by atoms with van der Waals surface area (Å²) in [7, 11) is 2.10. The number of aryl methyl sites for hydroxylation is 3. The molecular formula is C18H18N4S. The third-order valence-corrected chi connectivity index (χ3v) is 5.17. The third-order valence-electron chi connectivity index (χ3n) is 4.07. The maximum Gasteiger partial charge on any atom is 0.126 e. The van der Waals surface area contributed by atoms with Gasteiger partial charge in [-0.15, -0.1) is 11.3 Å². The van der Waals surface area contributed by atoms with Gasteiger partial charge in [0.15, 0.2) is 0 Å². The predicted octanol–water partition coefficient (Wildman–Crippen LogP) is 4.41. The van der Waals surface area contributed by atoms with E-state index in [1.165, 1.54) is 21.2 Å². The first-order valence-electron chi connectivity index (χ1n) is 7.63. The molecule has 0 aliphatic carbocycles. The number of fused-ring (bicyclic) bond motifs is 3. The molecule has 23 heavy (non-hydrogen) atoms. The molecule has 5 heteroatoms. The number of aromatic nitrogens is 3. The summed E-state index contributed by atoms with van der Waals surface area (Å²) in [6.45, 7) is 4.94. The summed E-state index contributed by atoms with van der Waals surface area (Å²) in [5, 5.41) is 4.79. The maximum atomic E-state index is 4.71. The van der Waals surface area contributed by atoms with E-state index >= 15 is 0 Å². The van der Waals surface area contributed by atoms with E-state index in [2.05, 4.69) is 48.0 Å². The Morgan fingerprint density at radius 3 is 2.91 bits per heavy atom. The molecule has 0 saturated heterocycles.